The smallest absolute Gasteiger partial charge is 0.343 e. The van der Waals surface area contributed by atoms with E-state index in [-0.39, 0.29) is 31.0 Å². The van der Waals surface area contributed by atoms with Gasteiger partial charge in [0.15, 0.2) is 23.0 Å². The Kier molecular flexibility index (Phi) is 9.89. The molecule has 54 heavy (non-hydrogen) atoms. The second-order valence-electron chi connectivity index (χ2n) is 14.7. The van der Waals surface area contributed by atoms with Crippen molar-refractivity contribution in [3.63, 3.8) is 0 Å². The number of hydrogen-bond donors (Lipinski definition) is 2. The Morgan fingerprint density at radius 2 is 1.43 bits per heavy atom. The molecule has 0 aromatic heterocycles. The summed E-state index contributed by atoms with van der Waals surface area (Å²) in [6, 6.07) is 27.3. The monoisotopic (exact) mass is 726 g/mol. The van der Waals surface area contributed by atoms with Gasteiger partial charge >= 0.3 is 5.97 Å². The van der Waals surface area contributed by atoms with Crippen LogP contribution in [-0.2, 0) is 38.9 Å². The molecule has 9 heteroatoms. The number of benzene rings is 5. The number of aliphatic hydroxyl groups excluding tert-OH is 2. The maximum atomic E-state index is 13.8. The minimum Gasteiger partial charge on any atom is -0.493 e. The number of hydrogen-bond acceptors (Lipinski definition) is 9. The maximum Gasteiger partial charge on any atom is 0.343 e. The van der Waals surface area contributed by atoms with Gasteiger partial charge in [-0.15, -0.1) is 0 Å². The summed E-state index contributed by atoms with van der Waals surface area (Å²) in [5.74, 6) is 2.43. The summed E-state index contributed by atoms with van der Waals surface area (Å²) < 4.78 is 25.6. The summed E-state index contributed by atoms with van der Waals surface area (Å²) in [7, 11) is 5.87. The van der Waals surface area contributed by atoms with Crippen LogP contribution < -0.4 is 18.9 Å². The molecule has 5 aromatic carbocycles. The molecule has 4 aliphatic rings. The molecule has 0 saturated carbocycles. The molecule has 9 nitrogen and oxygen atoms in total. The number of aryl methyl sites for hydroxylation is 1. The van der Waals surface area contributed by atoms with Crippen molar-refractivity contribution < 1.29 is 34.0 Å². The molecule has 0 unspecified atom stereocenters. The zero-order valence-electron chi connectivity index (χ0n) is 31.2. The third-order valence-electron chi connectivity index (χ3n) is 11.3. The molecule has 5 aromatic rings. The number of esters is 1. The molecule has 0 spiro atoms. The molecular formula is C45H46N2O7. The number of rotatable bonds is 5. The second-order valence-corrected chi connectivity index (χ2v) is 14.7. The first-order valence-electron chi connectivity index (χ1n) is 18.6. The Hall–Kier alpha value is -5.19. The van der Waals surface area contributed by atoms with Crippen LogP contribution in [0.5, 0.6) is 34.5 Å². The van der Waals surface area contributed by atoms with Crippen molar-refractivity contribution in [1.82, 2.24) is 9.80 Å². The highest BCUT2D eigenvalue weighted by Crippen LogP contribution is 2.49. The summed E-state index contributed by atoms with van der Waals surface area (Å²) in [4.78, 5) is 18.5. The van der Waals surface area contributed by atoms with E-state index in [0.717, 1.165) is 65.1 Å². The standard InChI is InChI=1S/C45H46N2O7/c1-27-5-10-30(11-6-27)45(50)54-43-34(26-49)23-32-16-18-47(3)38-20-29-9-14-39(51-4)41(21-29)52-35-12-7-28(8-13-35)19-37-36-24-40(53-44(43)42(32)38)33(25-48)22-31(36)15-17-46(37)2/h5-14,21-24,37-38,48-49H,15-20,25-26H2,1-4H3/t37-,38-/m0/s1. The van der Waals surface area contributed by atoms with E-state index >= 15 is 0 Å². The van der Waals surface area contributed by atoms with Crippen LogP contribution in [0.1, 0.15) is 72.5 Å². The fraction of sp³-hybridized carbons (Fsp3) is 0.311. The Morgan fingerprint density at radius 1 is 0.759 bits per heavy atom. The van der Waals surface area contributed by atoms with E-state index in [1.54, 1.807) is 19.2 Å². The second kappa shape index (κ2) is 14.9. The van der Waals surface area contributed by atoms with Crippen molar-refractivity contribution in [2.45, 2.75) is 57.9 Å². The summed E-state index contributed by atoms with van der Waals surface area (Å²) in [6.45, 7) is 3.01. The number of carbonyl (C=O) groups excluding carboxylic acids is 1. The van der Waals surface area contributed by atoms with Gasteiger partial charge in [0, 0.05) is 41.9 Å². The predicted octanol–water partition coefficient (Wildman–Crippen LogP) is 7.65. The van der Waals surface area contributed by atoms with E-state index in [0.29, 0.717) is 52.5 Å². The summed E-state index contributed by atoms with van der Waals surface area (Å²) in [6.07, 6.45) is 2.87. The number of methoxy groups -OCH3 is 1. The molecule has 4 heterocycles. The van der Waals surface area contributed by atoms with Gasteiger partial charge in [0.25, 0.3) is 0 Å². The summed E-state index contributed by atoms with van der Waals surface area (Å²) >= 11 is 0. The van der Waals surface area contributed by atoms with E-state index in [9.17, 15) is 15.0 Å². The lowest BCUT2D eigenvalue weighted by Gasteiger charge is -2.37. The molecular weight excluding hydrogens is 681 g/mol. The lowest BCUT2D eigenvalue weighted by molar-refractivity contribution is 0.0725. The first-order chi connectivity index (χ1) is 26.2. The highest BCUT2D eigenvalue weighted by Gasteiger charge is 2.35. The van der Waals surface area contributed by atoms with Crippen LogP contribution in [0, 0.1) is 6.92 Å². The van der Waals surface area contributed by atoms with Crippen molar-refractivity contribution in [2.24, 2.45) is 0 Å². The van der Waals surface area contributed by atoms with Crippen molar-refractivity contribution in [2.75, 3.05) is 34.3 Å². The van der Waals surface area contributed by atoms with Gasteiger partial charge in [-0.05, 0) is 129 Å². The van der Waals surface area contributed by atoms with E-state index in [1.807, 2.05) is 55.5 Å². The molecule has 0 radical (unpaired) electrons. The summed E-state index contributed by atoms with van der Waals surface area (Å²) in [5, 5.41) is 21.6. The van der Waals surface area contributed by atoms with Crippen LogP contribution in [0.25, 0.3) is 0 Å². The molecule has 0 saturated heterocycles. The SMILES string of the molecule is COc1ccc2cc1Oc1ccc(cc1)C[C@H]1c3cc(c(CO)cc3CCN1C)Oc1c(OC(=O)c3ccc(C)cc3)c(CO)cc3c1[C@H](C2)N(C)CC3. The van der Waals surface area contributed by atoms with Crippen molar-refractivity contribution in [3.8, 4) is 34.5 Å². The van der Waals surface area contributed by atoms with Gasteiger partial charge in [0.1, 0.15) is 11.5 Å². The van der Waals surface area contributed by atoms with Crippen molar-refractivity contribution in [1.29, 1.82) is 0 Å². The van der Waals surface area contributed by atoms with Gasteiger partial charge in [0.05, 0.1) is 25.9 Å². The molecule has 2 atom stereocenters. The molecule has 9 rings (SSSR count). The van der Waals surface area contributed by atoms with Crippen LogP contribution in [0.2, 0.25) is 0 Å². The van der Waals surface area contributed by atoms with Gasteiger partial charge in [-0.3, -0.25) is 9.80 Å². The van der Waals surface area contributed by atoms with Crippen LogP contribution in [0.3, 0.4) is 0 Å². The van der Waals surface area contributed by atoms with Crippen LogP contribution in [0.4, 0.5) is 0 Å². The third-order valence-corrected chi connectivity index (χ3v) is 11.3. The van der Waals surface area contributed by atoms with Crippen LogP contribution in [-0.4, -0.2) is 60.3 Å². The van der Waals surface area contributed by atoms with Crippen LogP contribution >= 0.6 is 0 Å². The van der Waals surface area contributed by atoms with E-state index in [1.165, 1.54) is 5.56 Å². The van der Waals surface area contributed by atoms with Crippen LogP contribution in [0.15, 0.2) is 84.9 Å². The van der Waals surface area contributed by atoms with Gasteiger partial charge < -0.3 is 29.2 Å². The lowest BCUT2D eigenvalue weighted by Crippen LogP contribution is -2.34. The first kappa shape index (κ1) is 35.8. The fourth-order valence-corrected chi connectivity index (χ4v) is 8.14. The molecule has 0 fully saturated rings. The highest BCUT2D eigenvalue weighted by molar-refractivity contribution is 5.91. The Bertz CT molecular complexity index is 2200. The normalized spacial score (nSPS) is 18.1. The first-order valence-corrected chi connectivity index (χ1v) is 18.6. The van der Waals surface area contributed by atoms with E-state index in [4.69, 9.17) is 18.9 Å². The number of nitrogens with zero attached hydrogens (tertiary/aromatic N) is 2. The molecule has 6 bridgehead atoms. The topological polar surface area (TPSA) is 101 Å². The molecule has 0 amide bonds. The predicted molar refractivity (Wildman–Crippen MR) is 206 cm³/mol. The number of likely N-dealkylation sites (N-methyl/N-ethyl adjacent to an activating group) is 2. The largest absolute Gasteiger partial charge is 0.493 e. The summed E-state index contributed by atoms with van der Waals surface area (Å²) in [5.41, 5.74) is 8.85. The minimum absolute atomic E-state index is 0.0432. The molecule has 2 N–H and O–H groups in total. The average Bonchev–Trinajstić information content (AvgIpc) is 3.18. The lowest BCUT2D eigenvalue weighted by atomic mass is 9.86. The van der Waals surface area contributed by atoms with E-state index < -0.39 is 5.97 Å². The van der Waals surface area contributed by atoms with Crippen molar-refractivity contribution >= 4 is 5.97 Å². The van der Waals surface area contributed by atoms with Gasteiger partial charge in [-0.2, -0.15) is 0 Å². The minimum atomic E-state index is -0.554. The average molecular weight is 727 g/mol. The number of aliphatic hydroxyl groups is 2. The molecule has 0 aliphatic carbocycles. The van der Waals surface area contributed by atoms with E-state index in [2.05, 4.69) is 48.2 Å². The number of fused-ring (bicyclic) bond motifs is 2. The molecule has 278 valence electrons. The Balaban J connectivity index is 1.36. The highest BCUT2D eigenvalue weighted by atomic mass is 16.6. The van der Waals surface area contributed by atoms with Gasteiger partial charge in [-0.25, -0.2) is 4.79 Å². The Morgan fingerprint density at radius 3 is 2.15 bits per heavy atom. The molecule has 4 aliphatic heterocycles. The number of ether oxygens (including phenoxy) is 4. The quantitative estimate of drug-likeness (QED) is 0.140. The maximum absolute atomic E-state index is 13.8. The Labute approximate surface area is 316 Å². The number of carbonyl (C=O) groups is 1. The zero-order chi connectivity index (χ0) is 37.5. The van der Waals surface area contributed by atoms with Crippen molar-refractivity contribution in [3.05, 3.63) is 141 Å². The van der Waals surface area contributed by atoms with Gasteiger partial charge in [0.2, 0.25) is 0 Å². The van der Waals surface area contributed by atoms with Gasteiger partial charge in [-0.1, -0.05) is 35.9 Å². The fourth-order valence-electron chi connectivity index (χ4n) is 8.14. The zero-order valence-corrected chi connectivity index (χ0v) is 31.2. The third kappa shape index (κ3) is 6.84.